The molecule has 0 aromatic rings. The van der Waals surface area contributed by atoms with Crippen molar-refractivity contribution in [3.63, 3.8) is 0 Å². The summed E-state index contributed by atoms with van der Waals surface area (Å²) in [5.74, 6) is 0. The van der Waals surface area contributed by atoms with Crippen LogP contribution in [0.1, 0.15) is 6.92 Å². The first-order valence-corrected chi connectivity index (χ1v) is 4.26. The van der Waals surface area contributed by atoms with E-state index >= 15 is 0 Å². The number of rotatable bonds is 2. The minimum Gasteiger partial charge on any atom is -0.388 e. The van der Waals surface area contributed by atoms with Crippen molar-refractivity contribution in [3.05, 3.63) is 0 Å². The van der Waals surface area contributed by atoms with Crippen LogP contribution in [0.3, 0.4) is 0 Å². The molecule has 1 fully saturated rings. The van der Waals surface area contributed by atoms with Crippen LogP contribution >= 0.6 is 0 Å². The highest BCUT2D eigenvalue weighted by molar-refractivity contribution is 4.90. The summed E-state index contributed by atoms with van der Waals surface area (Å²) in [6.07, 6.45) is -4.35. The lowest BCUT2D eigenvalue weighted by Gasteiger charge is -2.39. The molecule has 5 unspecified atom stereocenters. The lowest BCUT2D eigenvalue weighted by Crippen LogP contribution is -2.57. The second kappa shape index (κ2) is 4.34. The van der Waals surface area contributed by atoms with Crippen LogP contribution in [0.4, 0.5) is 0 Å². The molecule has 5 heteroatoms. The van der Waals surface area contributed by atoms with Crippen molar-refractivity contribution in [1.29, 1.82) is 0 Å². The van der Waals surface area contributed by atoms with Gasteiger partial charge in [0.2, 0.25) is 0 Å². The Kier molecular flexibility index (Phi) is 3.63. The highest BCUT2D eigenvalue weighted by Crippen LogP contribution is 2.20. The molecule has 0 bridgehead atoms. The first-order chi connectivity index (χ1) is 6.07. The summed E-state index contributed by atoms with van der Waals surface area (Å²) in [5, 5.41) is 28.1. The third-order valence-corrected chi connectivity index (χ3v) is 2.28. The van der Waals surface area contributed by atoms with Gasteiger partial charge in [0.15, 0.2) is 0 Å². The maximum atomic E-state index is 9.44. The van der Waals surface area contributed by atoms with Gasteiger partial charge in [0.05, 0.1) is 12.7 Å². The van der Waals surface area contributed by atoms with E-state index in [0.29, 0.717) is 0 Å². The molecule has 0 amide bonds. The average molecular weight is 192 g/mol. The van der Waals surface area contributed by atoms with Gasteiger partial charge in [0.1, 0.15) is 24.4 Å². The molecule has 3 N–H and O–H groups in total. The summed E-state index contributed by atoms with van der Waals surface area (Å²) < 4.78 is 10.0. The lowest BCUT2D eigenvalue weighted by atomic mass is 9.96. The van der Waals surface area contributed by atoms with Gasteiger partial charge in [-0.1, -0.05) is 0 Å². The van der Waals surface area contributed by atoms with Crippen molar-refractivity contribution in [2.24, 2.45) is 0 Å². The standard InChI is InChI=1S/C8H16O5/c1-4-6(9)8(11)7(10)5(13-4)3-12-2/h4-11H,3H2,1-2H3. The zero-order chi connectivity index (χ0) is 10.0. The summed E-state index contributed by atoms with van der Waals surface area (Å²) in [5.41, 5.74) is 0. The summed E-state index contributed by atoms with van der Waals surface area (Å²) in [6, 6.07) is 0. The maximum absolute atomic E-state index is 9.44. The van der Waals surface area contributed by atoms with Crippen molar-refractivity contribution >= 4 is 0 Å². The summed E-state index contributed by atoms with van der Waals surface area (Å²) in [6.45, 7) is 1.84. The molecule has 1 aliphatic rings. The van der Waals surface area contributed by atoms with Crippen LogP contribution < -0.4 is 0 Å². The van der Waals surface area contributed by atoms with E-state index in [1.54, 1.807) is 6.92 Å². The molecule has 5 atom stereocenters. The van der Waals surface area contributed by atoms with Gasteiger partial charge >= 0.3 is 0 Å². The van der Waals surface area contributed by atoms with Crippen molar-refractivity contribution < 1.29 is 24.8 Å². The highest BCUT2D eigenvalue weighted by atomic mass is 16.6. The zero-order valence-electron chi connectivity index (χ0n) is 7.75. The van der Waals surface area contributed by atoms with Crippen molar-refractivity contribution in [2.45, 2.75) is 37.4 Å². The minimum absolute atomic E-state index is 0.204. The quantitative estimate of drug-likeness (QED) is 0.496. The molecule has 0 aromatic carbocycles. The summed E-state index contributed by atoms with van der Waals surface area (Å²) in [7, 11) is 1.48. The fourth-order valence-corrected chi connectivity index (χ4v) is 1.44. The number of hydrogen-bond acceptors (Lipinski definition) is 5. The van der Waals surface area contributed by atoms with Gasteiger partial charge in [-0.05, 0) is 6.92 Å². The van der Waals surface area contributed by atoms with Crippen LogP contribution in [0, 0.1) is 0 Å². The third-order valence-electron chi connectivity index (χ3n) is 2.28. The first-order valence-electron chi connectivity index (χ1n) is 4.26. The largest absolute Gasteiger partial charge is 0.388 e. The Bertz CT molecular complexity index is 163. The second-order valence-electron chi connectivity index (χ2n) is 3.31. The normalized spacial score (nSPS) is 46.4. The molecule has 1 aliphatic heterocycles. The molecule has 0 saturated carbocycles. The van der Waals surface area contributed by atoms with Gasteiger partial charge in [-0.2, -0.15) is 0 Å². The molecule has 78 valence electrons. The van der Waals surface area contributed by atoms with E-state index in [1.807, 2.05) is 0 Å². The van der Waals surface area contributed by atoms with Crippen molar-refractivity contribution in [1.82, 2.24) is 0 Å². The number of aliphatic hydroxyl groups excluding tert-OH is 3. The fraction of sp³-hybridized carbons (Fsp3) is 1.00. The smallest absolute Gasteiger partial charge is 0.111 e. The van der Waals surface area contributed by atoms with Crippen LogP contribution in [0.2, 0.25) is 0 Å². The van der Waals surface area contributed by atoms with E-state index in [-0.39, 0.29) is 6.61 Å². The van der Waals surface area contributed by atoms with Crippen LogP contribution in [-0.4, -0.2) is 59.6 Å². The first kappa shape index (κ1) is 10.9. The predicted octanol–water partition coefficient (Wildman–Crippen LogP) is -1.50. The van der Waals surface area contributed by atoms with E-state index in [1.165, 1.54) is 7.11 Å². The number of hydrogen-bond donors (Lipinski definition) is 3. The molecule has 0 radical (unpaired) electrons. The number of ether oxygens (including phenoxy) is 2. The Morgan fingerprint density at radius 2 is 1.77 bits per heavy atom. The Balaban J connectivity index is 2.59. The molecule has 5 nitrogen and oxygen atoms in total. The predicted molar refractivity (Wildman–Crippen MR) is 44.2 cm³/mol. The van der Waals surface area contributed by atoms with E-state index in [0.717, 1.165) is 0 Å². The van der Waals surface area contributed by atoms with Crippen LogP contribution in [-0.2, 0) is 9.47 Å². The lowest BCUT2D eigenvalue weighted by molar-refractivity contribution is -0.226. The third kappa shape index (κ3) is 2.18. The van der Waals surface area contributed by atoms with E-state index in [2.05, 4.69) is 0 Å². The topological polar surface area (TPSA) is 79.2 Å². The molecule has 1 rings (SSSR count). The molecule has 0 spiro atoms. The Morgan fingerprint density at radius 1 is 1.15 bits per heavy atom. The average Bonchev–Trinajstić information content (AvgIpc) is 2.11. The number of aliphatic hydroxyl groups is 3. The molecular weight excluding hydrogens is 176 g/mol. The Morgan fingerprint density at radius 3 is 2.31 bits per heavy atom. The Labute approximate surface area is 76.9 Å². The van der Waals surface area contributed by atoms with Crippen molar-refractivity contribution in [3.8, 4) is 0 Å². The minimum atomic E-state index is -1.16. The molecule has 0 aliphatic carbocycles. The van der Waals surface area contributed by atoms with Crippen molar-refractivity contribution in [2.75, 3.05) is 13.7 Å². The monoisotopic (exact) mass is 192 g/mol. The fourth-order valence-electron chi connectivity index (χ4n) is 1.44. The Hall–Kier alpha value is -0.200. The SMILES string of the molecule is COCC1OC(C)C(O)C(O)C1O. The van der Waals surface area contributed by atoms with Gasteiger partial charge in [-0.3, -0.25) is 0 Å². The van der Waals surface area contributed by atoms with Gasteiger partial charge in [-0.25, -0.2) is 0 Å². The molecular formula is C8H16O5. The molecule has 0 aromatic heterocycles. The summed E-state index contributed by atoms with van der Waals surface area (Å²) >= 11 is 0. The molecule has 1 saturated heterocycles. The van der Waals surface area contributed by atoms with E-state index < -0.39 is 30.5 Å². The van der Waals surface area contributed by atoms with Crippen LogP contribution in [0.5, 0.6) is 0 Å². The van der Waals surface area contributed by atoms with E-state index in [9.17, 15) is 15.3 Å². The highest BCUT2D eigenvalue weighted by Gasteiger charge is 2.41. The number of methoxy groups -OCH3 is 1. The van der Waals surface area contributed by atoms with Gasteiger partial charge < -0.3 is 24.8 Å². The van der Waals surface area contributed by atoms with E-state index in [4.69, 9.17) is 9.47 Å². The molecule has 13 heavy (non-hydrogen) atoms. The second-order valence-corrected chi connectivity index (χ2v) is 3.31. The zero-order valence-corrected chi connectivity index (χ0v) is 7.75. The summed E-state index contributed by atoms with van der Waals surface area (Å²) in [4.78, 5) is 0. The van der Waals surface area contributed by atoms with Gasteiger partial charge in [0.25, 0.3) is 0 Å². The van der Waals surface area contributed by atoms with Gasteiger partial charge in [-0.15, -0.1) is 0 Å². The van der Waals surface area contributed by atoms with Gasteiger partial charge in [0, 0.05) is 7.11 Å². The maximum Gasteiger partial charge on any atom is 0.111 e. The molecule has 1 heterocycles. The van der Waals surface area contributed by atoms with Crippen LogP contribution in [0.15, 0.2) is 0 Å². The van der Waals surface area contributed by atoms with Crippen LogP contribution in [0.25, 0.3) is 0 Å².